The molecule has 2 heterocycles. The normalized spacial score (nSPS) is 16.3. The molecular formula is C30H26ClN3O5S2. The molecule has 1 fully saturated rings. The van der Waals surface area contributed by atoms with Crippen LogP contribution in [0.5, 0.6) is 11.5 Å². The molecule has 11 heteroatoms. The maximum atomic E-state index is 13.5. The van der Waals surface area contributed by atoms with Gasteiger partial charge in [-0.1, -0.05) is 65.0 Å². The molecule has 1 aliphatic heterocycles. The number of thioether (sulfide) groups is 1. The van der Waals surface area contributed by atoms with Crippen LogP contribution in [0.4, 0.5) is 5.13 Å². The number of Topliss-reactive ketones (excluding diaryl/α,β-unsaturated/α-hetero) is 1. The van der Waals surface area contributed by atoms with Crippen molar-refractivity contribution in [2.45, 2.75) is 30.0 Å². The smallest absolute Gasteiger partial charge is 0.301 e. The van der Waals surface area contributed by atoms with E-state index in [0.29, 0.717) is 51.0 Å². The third-order valence-corrected chi connectivity index (χ3v) is 8.75. The number of aliphatic hydroxyl groups is 1. The van der Waals surface area contributed by atoms with Crippen molar-refractivity contribution < 1.29 is 24.2 Å². The Bertz CT molecular complexity index is 1610. The highest BCUT2D eigenvalue weighted by molar-refractivity contribution is 8.00. The summed E-state index contributed by atoms with van der Waals surface area (Å²) in [5, 5.41) is 20.8. The zero-order chi connectivity index (χ0) is 28.9. The Morgan fingerprint density at radius 2 is 1.71 bits per heavy atom. The van der Waals surface area contributed by atoms with E-state index in [0.717, 1.165) is 5.56 Å². The number of carbonyl (C=O) groups is 2. The third kappa shape index (κ3) is 6.09. The van der Waals surface area contributed by atoms with Crippen molar-refractivity contribution in [2.75, 3.05) is 18.1 Å². The lowest BCUT2D eigenvalue weighted by Crippen LogP contribution is -2.29. The van der Waals surface area contributed by atoms with Gasteiger partial charge in [0.05, 0.1) is 24.8 Å². The van der Waals surface area contributed by atoms with Gasteiger partial charge in [-0.25, -0.2) is 0 Å². The molecule has 0 spiro atoms. The van der Waals surface area contributed by atoms with E-state index in [4.69, 9.17) is 21.1 Å². The van der Waals surface area contributed by atoms with Gasteiger partial charge in [-0.05, 0) is 67.4 Å². The predicted molar refractivity (Wildman–Crippen MR) is 161 cm³/mol. The molecule has 1 atom stereocenters. The van der Waals surface area contributed by atoms with Gasteiger partial charge in [0.2, 0.25) is 5.13 Å². The van der Waals surface area contributed by atoms with Crippen LogP contribution in [0.3, 0.4) is 0 Å². The highest BCUT2D eigenvalue weighted by Gasteiger charge is 2.48. The summed E-state index contributed by atoms with van der Waals surface area (Å²) in [5.74, 6) is -0.151. The molecule has 0 radical (unpaired) electrons. The Hall–Kier alpha value is -3.86. The zero-order valence-corrected chi connectivity index (χ0v) is 24.6. The van der Waals surface area contributed by atoms with Gasteiger partial charge < -0.3 is 14.6 Å². The molecule has 1 aliphatic rings. The number of rotatable bonds is 10. The van der Waals surface area contributed by atoms with Gasteiger partial charge in [0.25, 0.3) is 5.78 Å². The summed E-state index contributed by atoms with van der Waals surface area (Å²) in [5.41, 5.74) is 1.86. The van der Waals surface area contributed by atoms with Crippen LogP contribution in [0.25, 0.3) is 5.76 Å². The zero-order valence-electron chi connectivity index (χ0n) is 22.2. The number of amides is 1. The van der Waals surface area contributed by atoms with Crippen LogP contribution in [0, 0.1) is 0 Å². The number of benzene rings is 3. The van der Waals surface area contributed by atoms with Crippen molar-refractivity contribution >= 4 is 57.3 Å². The van der Waals surface area contributed by atoms with Crippen molar-refractivity contribution in [3.05, 3.63) is 100 Å². The Balaban J connectivity index is 1.55. The number of hydrogen-bond acceptors (Lipinski definition) is 9. The van der Waals surface area contributed by atoms with E-state index in [2.05, 4.69) is 10.2 Å². The van der Waals surface area contributed by atoms with E-state index in [-0.39, 0.29) is 16.5 Å². The van der Waals surface area contributed by atoms with Crippen molar-refractivity contribution in [2.24, 2.45) is 0 Å². The minimum atomic E-state index is -0.948. The van der Waals surface area contributed by atoms with Gasteiger partial charge in [-0.15, -0.1) is 10.2 Å². The summed E-state index contributed by atoms with van der Waals surface area (Å²) in [6.07, 6.45) is 0. The van der Waals surface area contributed by atoms with Gasteiger partial charge in [-0.2, -0.15) is 0 Å². The average molecular weight is 608 g/mol. The summed E-state index contributed by atoms with van der Waals surface area (Å²) in [4.78, 5) is 28.3. The lowest BCUT2D eigenvalue weighted by molar-refractivity contribution is -0.132. The molecule has 0 bridgehead atoms. The fourth-order valence-electron chi connectivity index (χ4n) is 4.43. The number of aliphatic hydroxyl groups excluding tert-OH is 1. The summed E-state index contributed by atoms with van der Waals surface area (Å²) in [6, 6.07) is 20.4. The molecule has 210 valence electrons. The molecule has 8 nitrogen and oxygen atoms in total. The first-order chi connectivity index (χ1) is 19.9. The average Bonchev–Trinajstić information content (AvgIpc) is 3.55. The highest BCUT2D eigenvalue weighted by atomic mass is 35.5. The fourth-order valence-corrected chi connectivity index (χ4v) is 6.58. The largest absolute Gasteiger partial charge is 0.507 e. The monoisotopic (exact) mass is 607 g/mol. The van der Waals surface area contributed by atoms with E-state index in [1.165, 1.54) is 28.0 Å². The fraction of sp³-hybridized carbons (Fsp3) is 0.200. The molecule has 1 saturated heterocycles. The van der Waals surface area contributed by atoms with Crippen LogP contribution < -0.4 is 14.4 Å². The van der Waals surface area contributed by atoms with Crippen LogP contribution in [0.2, 0.25) is 5.02 Å². The van der Waals surface area contributed by atoms with Crippen molar-refractivity contribution in [1.82, 2.24) is 10.2 Å². The number of ether oxygens (including phenoxy) is 2. The summed E-state index contributed by atoms with van der Waals surface area (Å²) < 4.78 is 11.8. The maximum Gasteiger partial charge on any atom is 0.301 e. The molecule has 1 amide bonds. The summed E-state index contributed by atoms with van der Waals surface area (Å²) >= 11 is 8.91. The minimum absolute atomic E-state index is 0.0479. The molecule has 41 heavy (non-hydrogen) atoms. The lowest BCUT2D eigenvalue weighted by atomic mass is 9.95. The SMILES string of the molecule is CCOc1ccc(/C(O)=C2\C(=O)C(=O)N(c3nnc(SCc4ccccc4Cl)s3)C2c2cccc(OCC)c2)cc1. The van der Waals surface area contributed by atoms with Gasteiger partial charge >= 0.3 is 5.91 Å². The first-order valence-corrected chi connectivity index (χ1v) is 15.1. The van der Waals surface area contributed by atoms with Crippen LogP contribution in [0.1, 0.15) is 36.6 Å². The van der Waals surface area contributed by atoms with E-state index in [1.807, 2.05) is 38.1 Å². The number of halogens is 1. The van der Waals surface area contributed by atoms with Crippen molar-refractivity contribution in [3.63, 3.8) is 0 Å². The molecule has 1 N–H and O–H groups in total. The second kappa shape index (κ2) is 12.8. The summed E-state index contributed by atoms with van der Waals surface area (Å²) in [7, 11) is 0. The number of nitrogens with zero attached hydrogens (tertiary/aromatic N) is 3. The minimum Gasteiger partial charge on any atom is -0.507 e. The maximum absolute atomic E-state index is 13.5. The van der Waals surface area contributed by atoms with E-state index in [1.54, 1.807) is 48.5 Å². The van der Waals surface area contributed by atoms with Crippen LogP contribution in [0.15, 0.2) is 82.7 Å². The summed E-state index contributed by atoms with van der Waals surface area (Å²) in [6.45, 7) is 4.68. The van der Waals surface area contributed by atoms with Crippen LogP contribution in [-0.4, -0.2) is 40.2 Å². The number of anilines is 1. The number of aromatic nitrogens is 2. The third-order valence-electron chi connectivity index (χ3n) is 6.28. The Kier molecular flexibility index (Phi) is 8.92. The van der Waals surface area contributed by atoms with Gasteiger partial charge in [-0.3, -0.25) is 14.5 Å². The Morgan fingerprint density at radius 1 is 0.976 bits per heavy atom. The number of hydrogen-bond donors (Lipinski definition) is 1. The molecule has 0 aliphatic carbocycles. The molecular weight excluding hydrogens is 582 g/mol. The second-order valence-electron chi connectivity index (χ2n) is 8.86. The van der Waals surface area contributed by atoms with E-state index < -0.39 is 17.7 Å². The highest BCUT2D eigenvalue weighted by Crippen LogP contribution is 2.44. The van der Waals surface area contributed by atoms with Crippen molar-refractivity contribution in [3.8, 4) is 11.5 Å². The standard InChI is InChI=1S/C30H26ClN3O5S2/c1-3-38-21-14-12-18(13-15-21)26(35)24-25(19-9-7-10-22(16-19)39-4-2)34(28(37)27(24)36)29-32-33-30(41-29)40-17-20-8-5-6-11-23(20)31/h5-16,25,35H,3-4,17H2,1-2H3/b26-24+. The van der Waals surface area contributed by atoms with Gasteiger partial charge in [0.1, 0.15) is 17.3 Å². The quantitative estimate of drug-likeness (QED) is 0.0682. The second-order valence-corrected chi connectivity index (χ2v) is 11.4. The van der Waals surface area contributed by atoms with Crippen molar-refractivity contribution in [1.29, 1.82) is 0 Å². The molecule has 3 aromatic carbocycles. The number of carbonyl (C=O) groups excluding carboxylic acids is 2. The van der Waals surface area contributed by atoms with Gasteiger partial charge in [0, 0.05) is 16.3 Å². The lowest BCUT2D eigenvalue weighted by Gasteiger charge is -2.23. The van der Waals surface area contributed by atoms with E-state index in [9.17, 15) is 14.7 Å². The molecule has 5 rings (SSSR count). The molecule has 4 aromatic rings. The molecule has 1 aromatic heterocycles. The van der Waals surface area contributed by atoms with Gasteiger partial charge in [0.15, 0.2) is 4.34 Å². The first kappa shape index (κ1) is 28.7. The molecule has 1 unspecified atom stereocenters. The predicted octanol–water partition coefficient (Wildman–Crippen LogP) is 6.91. The first-order valence-electron chi connectivity index (χ1n) is 12.9. The molecule has 0 saturated carbocycles. The van der Waals surface area contributed by atoms with Crippen LogP contribution in [-0.2, 0) is 15.3 Å². The number of ketones is 1. The van der Waals surface area contributed by atoms with E-state index >= 15 is 0 Å². The Labute approximate surface area is 250 Å². The topological polar surface area (TPSA) is 102 Å². The van der Waals surface area contributed by atoms with Crippen LogP contribution >= 0.6 is 34.7 Å². The Morgan fingerprint density at radius 3 is 2.44 bits per heavy atom.